The lowest BCUT2D eigenvalue weighted by molar-refractivity contribution is -0.384. The van der Waals surface area contributed by atoms with Crippen LogP contribution in [0.5, 0.6) is 0 Å². The lowest BCUT2D eigenvalue weighted by Gasteiger charge is -2.43. The zero-order valence-electron chi connectivity index (χ0n) is 28.0. The summed E-state index contributed by atoms with van der Waals surface area (Å²) in [6.07, 6.45) is 3.17. The van der Waals surface area contributed by atoms with Crippen LogP contribution in [0.4, 0.5) is 5.69 Å². The van der Waals surface area contributed by atoms with Gasteiger partial charge >= 0.3 is 0 Å². The van der Waals surface area contributed by atoms with E-state index in [0.717, 1.165) is 38.9 Å². The molecule has 5 rings (SSSR count). The summed E-state index contributed by atoms with van der Waals surface area (Å²) in [6, 6.07) is 27.3. The number of nitrogens with two attached hydrogens (primary N) is 2. The third-order valence-corrected chi connectivity index (χ3v) is 9.64. The third kappa shape index (κ3) is 8.07. The Morgan fingerprint density at radius 3 is 2.10 bits per heavy atom. The summed E-state index contributed by atoms with van der Waals surface area (Å²) in [5, 5.41) is 17.7. The first kappa shape index (κ1) is 35.5. The molecular weight excluding hydrogens is 620 g/mol. The molecule has 11 nitrogen and oxygen atoms in total. The highest BCUT2D eigenvalue weighted by Crippen LogP contribution is 2.42. The van der Waals surface area contributed by atoms with Crippen LogP contribution in [-0.4, -0.2) is 67.6 Å². The number of primary amides is 1. The van der Waals surface area contributed by atoms with E-state index in [9.17, 15) is 19.7 Å². The number of non-ortho nitro benzene ring substituents is 1. The second-order valence-electron chi connectivity index (χ2n) is 12.5. The number of nitrogens with zero attached hydrogens (tertiary/aromatic N) is 2. The highest BCUT2D eigenvalue weighted by Gasteiger charge is 2.39. The second kappa shape index (κ2) is 16.5. The van der Waals surface area contributed by atoms with Gasteiger partial charge in [0.15, 0.2) is 0 Å². The van der Waals surface area contributed by atoms with E-state index in [1.165, 1.54) is 23.3 Å². The van der Waals surface area contributed by atoms with Gasteiger partial charge in [0.05, 0.1) is 29.4 Å². The molecule has 1 unspecified atom stereocenters. The number of dihydropyridines is 1. The van der Waals surface area contributed by atoms with Gasteiger partial charge in [0.1, 0.15) is 0 Å². The number of likely N-dealkylation sites (tertiary alicyclic amines) is 1. The molecule has 258 valence electrons. The van der Waals surface area contributed by atoms with Crippen molar-refractivity contribution in [2.24, 2.45) is 11.5 Å². The van der Waals surface area contributed by atoms with Crippen LogP contribution in [0, 0.1) is 10.1 Å². The summed E-state index contributed by atoms with van der Waals surface area (Å²) in [7, 11) is 0. The van der Waals surface area contributed by atoms with Gasteiger partial charge in [0, 0.05) is 47.8 Å². The highest BCUT2D eigenvalue weighted by molar-refractivity contribution is 6.03. The van der Waals surface area contributed by atoms with E-state index in [1.807, 2.05) is 6.92 Å². The standard InChI is InChI=1S/C38H46N6O5/c1-2-31-34(36(40)45)33(27-14-16-30(17-15-27)44(47)48)35(32(42-31)26-49-25-20-39)37(46)41-21-9-22-43-23-18-38(19-24-43,28-10-5-3-6-11-28)29-12-7-4-8-13-29/h3-8,10-17,33,42H,2,9,18-26,39H2,1H3,(H2,40,45)(H,41,46). The molecule has 2 aliphatic heterocycles. The lowest BCUT2D eigenvalue weighted by Crippen LogP contribution is -2.44. The van der Waals surface area contributed by atoms with Crippen molar-refractivity contribution in [3.05, 3.63) is 134 Å². The van der Waals surface area contributed by atoms with Crippen molar-refractivity contribution in [1.29, 1.82) is 0 Å². The van der Waals surface area contributed by atoms with E-state index < -0.39 is 16.7 Å². The smallest absolute Gasteiger partial charge is 0.269 e. The Kier molecular flexibility index (Phi) is 12.0. The summed E-state index contributed by atoms with van der Waals surface area (Å²) in [4.78, 5) is 40.2. The molecule has 1 atom stereocenters. The Bertz CT molecular complexity index is 1620. The summed E-state index contributed by atoms with van der Waals surface area (Å²) in [5.41, 5.74) is 16.3. The number of hydrogen-bond acceptors (Lipinski definition) is 8. The van der Waals surface area contributed by atoms with Gasteiger partial charge in [-0.1, -0.05) is 79.7 Å². The molecule has 0 saturated carbocycles. The Balaban J connectivity index is 1.30. The van der Waals surface area contributed by atoms with Crippen molar-refractivity contribution < 1.29 is 19.2 Å². The second-order valence-corrected chi connectivity index (χ2v) is 12.5. The highest BCUT2D eigenvalue weighted by atomic mass is 16.6. The van der Waals surface area contributed by atoms with Gasteiger partial charge in [-0.2, -0.15) is 0 Å². The minimum absolute atomic E-state index is 0.0358. The molecular formula is C38H46N6O5. The van der Waals surface area contributed by atoms with E-state index in [4.69, 9.17) is 16.2 Å². The van der Waals surface area contributed by atoms with Crippen molar-refractivity contribution in [3.8, 4) is 0 Å². The van der Waals surface area contributed by atoms with Gasteiger partial charge in [-0.25, -0.2) is 0 Å². The molecule has 0 radical (unpaired) electrons. The molecule has 0 aliphatic carbocycles. The van der Waals surface area contributed by atoms with Gasteiger partial charge in [-0.3, -0.25) is 19.7 Å². The fraction of sp³-hybridized carbons (Fsp3) is 0.368. The number of amides is 2. The Morgan fingerprint density at radius 2 is 1.57 bits per heavy atom. The van der Waals surface area contributed by atoms with Crippen molar-refractivity contribution in [2.45, 2.75) is 43.9 Å². The fourth-order valence-corrected chi connectivity index (χ4v) is 7.16. The number of nitro benzene ring substituents is 1. The fourth-order valence-electron chi connectivity index (χ4n) is 7.16. The van der Waals surface area contributed by atoms with Gasteiger partial charge in [0.2, 0.25) is 11.8 Å². The zero-order chi connectivity index (χ0) is 34.8. The van der Waals surface area contributed by atoms with Crippen LogP contribution in [-0.2, 0) is 19.7 Å². The predicted octanol–water partition coefficient (Wildman–Crippen LogP) is 4.25. The molecule has 49 heavy (non-hydrogen) atoms. The Labute approximate surface area is 287 Å². The van der Waals surface area contributed by atoms with Gasteiger partial charge < -0.3 is 31.7 Å². The number of hydrogen-bond donors (Lipinski definition) is 4. The lowest BCUT2D eigenvalue weighted by atomic mass is 9.68. The van der Waals surface area contributed by atoms with Gasteiger partial charge in [-0.15, -0.1) is 0 Å². The van der Waals surface area contributed by atoms with Crippen LogP contribution in [0.15, 0.2) is 107 Å². The first-order valence-electron chi connectivity index (χ1n) is 17.0. The molecule has 1 fully saturated rings. The number of carbonyl (C=O) groups excluding carboxylic acids is 2. The Hall–Kier alpha value is -4.84. The normalized spacial score (nSPS) is 17.8. The largest absolute Gasteiger partial charge is 0.374 e. The van der Waals surface area contributed by atoms with Crippen LogP contribution in [0.1, 0.15) is 55.2 Å². The number of nitrogens with one attached hydrogen (secondary N) is 2. The molecule has 2 aliphatic rings. The predicted molar refractivity (Wildman–Crippen MR) is 189 cm³/mol. The maximum atomic E-state index is 14.0. The summed E-state index contributed by atoms with van der Waals surface area (Å²) in [6.45, 7) is 5.64. The molecule has 0 bridgehead atoms. The molecule has 6 N–H and O–H groups in total. The van der Waals surface area contributed by atoms with Crippen molar-refractivity contribution >= 4 is 17.5 Å². The van der Waals surface area contributed by atoms with Crippen LogP contribution < -0.4 is 22.1 Å². The number of nitro groups is 1. The molecule has 3 aromatic rings. The van der Waals surface area contributed by atoms with Crippen molar-refractivity contribution in [1.82, 2.24) is 15.5 Å². The van der Waals surface area contributed by atoms with Crippen molar-refractivity contribution in [2.75, 3.05) is 45.9 Å². The average Bonchev–Trinajstić information content (AvgIpc) is 3.13. The minimum Gasteiger partial charge on any atom is -0.374 e. The molecule has 0 aromatic heterocycles. The number of allylic oxidation sites excluding steroid dienone is 1. The van der Waals surface area contributed by atoms with Gasteiger partial charge in [-0.05, 0) is 62.0 Å². The number of carbonyl (C=O) groups is 2. The van der Waals surface area contributed by atoms with E-state index in [1.54, 1.807) is 12.1 Å². The molecule has 2 heterocycles. The molecule has 1 saturated heterocycles. The summed E-state index contributed by atoms with van der Waals surface area (Å²) >= 11 is 0. The monoisotopic (exact) mass is 666 g/mol. The SMILES string of the molecule is CCC1=C(C(N)=O)C(c2ccc([N+](=O)[O-])cc2)C(C(=O)NCCCN2CCC(c3ccccc3)(c3ccccc3)CC2)=C(COCCN)N1. The van der Waals surface area contributed by atoms with Gasteiger partial charge in [0.25, 0.3) is 5.69 Å². The van der Waals surface area contributed by atoms with E-state index in [-0.39, 0.29) is 35.8 Å². The first-order chi connectivity index (χ1) is 23.8. The van der Waals surface area contributed by atoms with Crippen LogP contribution in [0.25, 0.3) is 0 Å². The third-order valence-electron chi connectivity index (χ3n) is 9.64. The van der Waals surface area contributed by atoms with Crippen molar-refractivity contribution in [3.63, 3.8) is 0 Å². The zero-order valence-corrected chi connectivity index (χ0v) is 28.0. The average molecular weight is 667 g/mol. The maximum Gasteiger partial charge on any atom is 0.269 e. The molecule has 3 aromatic carbocycles. The van der Waals surface area contributed by atoms with Crippen LogP contribution in [0.2, 0.25) is 0 Å². The number of rotatable bonds is 15. The van der Waals surface area contributed by atoms with Crippen LogP contribution >= 0.6 is 0 Å². The molecule has 11 heteroatoms. The number of ether oxygens (including phenoxy) is 1. The first-order valence-corrected chi connectivity index (χ1v) is 17.0. The summed E-state index contributed by atoms with van der Waals surface area (Å²) in [5.74, 6) is -1.87. The summed E-state index contributed by atoms with van der Waals surface area (Å²) < 4.78 is 5.75. The van der Waals surface area contributed by atoms with E-state index in [2.05, 4.69) is 76.2 Å². The minimum atomic E-state index is -0.836. The van der Waals surface area contributed by atoms with E-state index in [0.29, 0.717) is 42.0 Å². The number of benzene rings is 3. The topological polar surface area (TPSA) is 166 Å². The number of piperidine rings is 1. The van der Waals surface area contributed by atoms with E-state index >= 15 is 0 Å². The van der Waals surface area contributed by atoms with Crippen LogP contribution in [0.3, 0.4) is 0 Å². The maximum absolute atomic E-state index is 14.0. The Morgan fingerprint density at radius 1 is 0.959 bits per heavy atom. The quantitative estimate of drug-likeness (QED) is 0.106. The molecule has 2 amide bonds. The molecule has 0 spiro atoms.